The third kappa shape index (κ3) is 3.70. The Bertz CT molecular complexity index is 513. The number of hydrogen-bond donors (Lipinski definition) is 3. The van der Waals surface area contributed by atoms with E-state index < -0.39 is 5.41 Å². The van der Waals surface area contributed by atoms with Crippen LogP contribution in [0.2, 0.25) is 0 Å². The van der Waals surface area contributed by atoms with Crippen molar-refractivity contribution in [2.24, 2.45) is 16.3 Å². The molecule has 19 heavy (non-hydrogen) atoms. The first-order valence-electron chi connectivity index (χ1n) is 5.90. The van der Waals surface area contributed by atoms with Gasteiger partial charge in [-0.05, 0) is 40.5 Å². The van der Waals surface area contributed by atoms with Gasteiger partial charge in [0.1, 0.15) is 0 Å². The lowest BCUT2D eigenvalue weighted by Gasteiger charge is -2.22. The van der Waals surface area contributed by atoms with Gasteiger partial charge in [-0.25, -0.2) is 0 Å². The molecule has 1 aromatic rings. The van der Waals surface area contributed by atoms with Crippen LogP contribution >= 0.6 is 15.9 Å². The predicted molar refractivity (Wildman–Crippen MR) is 79.4 cm³/mol. The number of amidine groups is 1. The molecule has 0 aliphatic rings. The molecular formula is C13H18BrN3O2. The second-order valence-corrected chi connectivity index (χ2v) is 5.73. The molecule has 0 aliphatic heterocycles. The minimum absolute atomic E-state index is 0.0208. The van der Waals surface area contributed by atoms with E-state index >= 15 is 0 Å². The maximum Gasteiger partial charge on any atom is 0.230 e. The highest BCUT2D eigenvalue weighted by Gasteiger charge is 2.25. The second-order valence-electron chi connectivity index (χ2n) is 4.87. The summed E-state index contributed by atoms with van der Waals surface area (Å²) in [6, 6.07) is 5.07. The van der Waals surface area contributed by atoms with E-state index in [4.69, 9.17) is 10.9 Å². The van der Waals surface area contributed by atoms with E-state index in [1.807, 2.05) is 20.8 Å². The van der Waals surface area contributed by atoms with Crippen LogP contribution in [0.15, 0.2) is 27.8 Å². The first kappa shape index (κ1) is 15.5. The van der Waals surface area contributed by atoms with Crippen molar-refractivity contribution in [1.29, 1.82) is 0 Å². The summed E-state index contributed by atoms with van der Waals surface area (Å²) in [6.45, 7) is 5.75. The Morgan fingerprint density at radius 3 is 2.63 bits per heavy atom. The molecule has 1 amide bonds. The topological polar surface area (TPSA) is 87.7 Å². The van der Waals surface area contributed by atoms with Crippen LogP contribution < -0.4 is 11.1 Å². The van der Waals surface area contributed by atoms with Gasteiger partial charge in [0.2, 0.25) is 5.91 Å². The molecule has 0 aliphatic carbocycles. The van der Waals surface area contributed by atoms with E-state index in [0.717, 1.165) is 6.42 Å². The van der Waals surface area contributed by atoms with Crippen molar-refractivity contribution in [1.82, 2.24) is 0 Å². The lowest BCUT2D eigenvalue weighted by atomic mass is 9.89. The number of carbonyl (C=O) groups excluding carboxylic acids is 1. The minimum atomic E-state index is -0.427. The lowest BCUT2D eigenvalue weighted by Crippen LogP contribution is -2.30. The molecule has 1 rings (SSSR count). The van der Waals surface area contributed by atoms with Gasteiger partial charge < -0.3 is 16.3 Å². The number of rotatable bonds is 4. The highest BCUT2D eigenvalue weighted by atomic mass is 79.9. The number of benzene rings is 1. The number of nitrogens with zero attached hydrogens (tertiary/aromatic N) is 1. The Labute approximate surface area is 121 Å². The predicted octanol–water partition coefficient (Wildman–Crippen LogP) is 2.92. The molecule has 6 heteroatoms. The molecule has 0 saturated heterocycles. The number of oxime groups is 1. The van der Waals surface area contributed by atoms with Gasteiger partial charge in [-0.2, -0.15) is 0 Å². The number of hydrogen-bond acceptors (Lipinski definition) is 3. The molecule has 0 bridgehead atoms. The van der Waals surface area contributed by atoms with Crippen molar-refractivity contribution in [3.63, 3.8) is 0 Å². The van der Waals surface area contributed by atoms with Crippen LogP contribution in [0.5, 0.6) is 0 Å². The first-order valence-corrected chi connectivity index (χ1v) is 6.70. The largest absolute Gasteiger partial charge is 0.409 e. The maximum absolute atomic E-state index is 12.1. The van der Waals surface area contributed by atoms with E-state index in [9.17, 15) is 4.79 Å². The summed E-state index contributed by atoms with van der Waals surface area (Å²) in [7, 11) is 0. The normalized spacial score (nSPS) is 12.3. The molecule has 0 heterocycles. The number of nitrogens with one attached hydrogen (secondary N) is 1. The van der Waals surface area contributed by atoms with Gasteiger partial charge in [-0.1, -0.05) is 25.9 Å². The van der Waals surface area contributed by atoms with Gasteiger partial charge in [0.05, 0.1) is 5.69 Å². The summed E-state index contributed by atoms with van der Waals surface area (Å²) in [4.78, 5) is 12.1. The Kier molecular flexibility index (Phi) is 4.94. The molecule has 0 radical (unpaired) electrons. The lowest BCUT2D eigenvalue weighted by molar-refractivity contribution is -0.124. The van der Waals surface area contributed by atoms with Crippen molar-refractivity contribution >= 4 is 33.4 Å². The fourth-order valence-electron chi connectivity index (χ4n) is 1.29. The average molecular weight is 328 g/mol. The van der Waals surface area contributed by atoms with E-state index in [1.54, 1.807) is 18.2 Å². The Morgan fingerprint density at radius 1 is 1.53 bits per heavy atom. The third-order valence-corrected chi connectivity index (χ3v) is 3.78. The maximum atomic E-state index is 12.1. The fraction of sp³-hybridized carbons (Fsp3) is 0.385. The summed E-state index contributed by atoms with van der Waals surface area (Å²) in [5.74, 6) is -0.0280. The molecule has 5 nitrogen and oxygen atoms in total. The average Bonchev–Trinajstić information content (AvgIpc) is 2.39. The van der Waals surface area contributed by atoms with Crippen LogP contribution in [0.25, 0.3) is 0 Å². The first-order chi connectivity index (χ1) is 8.81. The van der Waals surface area contributed by atoms with E-state index in [2.05, 4.69) is 26.4 Å². The molecule has 0 spiro atoms. The number of carbonyl (C=O) groups is 1. The standard InChI is InChI=1S/C13H18BrN3O2/c1-4-13(2,3)12(18)16-10-6-5-8(7-9(10)14)11(15)17-19/h5-7,19H,4H2,1-3H3,(H2,15,17)(H,16,18). The second kappa shape index (κ2) is 6.06. The van der Waals surface area contributed by atoms with Crippen LogP contribution in [-0.4, -0.2) is 17.0 Å². The van der Waals surface area contributed by atoms with Crippen molar-refractivity contribution < 1.29 is 10.0 Å². The number of anilines is 1. The van der Waals surface area contributed by atoms with Crippen LogP contribution in [0.4, 0.5) is 5.69 Å². The minimum Gasteiger partial charge on any atom is -0.409 e. The van der Waals surface area contributed by atoms with Gasteiger partial charge in [0.15, 0.2) is 5.84 Å². The van der Waals surface area contributed by atoms with Crippen molar-refractivity contribution in [3.05, 3.63) is 28.2 Å². The molecule has 0 aromatic heterocycles. The van der Waals surface area contributed by atoms with Crippen LogP contribution in [-0.2, 0) is 4.79 Å². The summed E-state index contributed by atoms with van der Waals surface area (Å²) in [6.07, 6.45) is 0.749. The van der Waals surface area contributed by atoms with Crippen LogP contribution in [0.1, 0.15) is 32.8 Å². The molecular weight excluding hydrogens is 310 g/mol. The zero-order chi connectivity index (χ0) is 14.6. The molecule has 0 fully saturated rings. The smallest absolute Gasteiger partial charge is 0.230 e. The zero-order valence-electron chi connectivity index (χ0n) is 11.2. The number of nitrogens with two attached hydrogens (primary N) is 1. The van der Waals surface area contributed by atoms with Crippen LogP contribution in [0.3, 0.4) is 0 Å². The van der Waals surface area contributed by atoms with Gasteiger partial charge in [0.25, 0.3) is 0 Å². The summed E-state index contributed by atoms with van der Waals surface area (Å²) >= 11 is 3.35. The number of halogens is 1. The molecule has 0 saturated carbocycles. The highest BCUT2D eigenvalue weighted by molar-refractivity contribution is 9.10. The molecule has 4 N–H and O–H groups in total. The Hall–Kier alpha value is -1.56. The molecule has 0 atom stereocenters. The number of amides is 1. The highest BCUT2D eigenvalue weighted by Crippen LogP contribution is 2.27. The van der Waals surface area contributed by atoms with Crippen molar-refractivity contribution in [2.75, 3.05) is 5.32 Å². The summed E-state index contributed by atoms with van der Waals surface area (Å²) in [5.41, 5.74) is 6.30. The van der Waals surface area contributed by atoms with Crippen LogP contribution in [0, 0.1) is 5.41 Å². The SMILES string of the molecule is CCC(C)(C)C(=O)Nc1ccc(/C(N)=N/O)cc1Br. The zero-order valence-corrected chi connectivity index (χ0v) is 12.8. The monoisotopic (exact) mass is 327 g/mol. The quantitative estimate of drug-likeness (QED) is 0.344. The molecule has 0 unspecified atom stereocenters. The van der Waals surface area contributed by atoms with Gasteiger partial charge >= 0.3 is 0 Å². The third-order valence-electron chi connectivity index (χ3n) is 3.12. The van der Waals surface area contributed by atoms with Gasteiger partial charge in [-0.3, -0.25) is 4.79 Å². The summed E-state index contributed by atoms with van der Waals surface area (Å²) in [5, 5.41) is 14.4. The van der Waals surface area contributed by atoms with E-state index in [-0.39, 0.29) is 11.7 Å². The summed E-state index contributed by atoms with van der Waals surface area (Å²) < 4.78 is 0.678. The van der Waals surface area contributed by atoms with Gasteiger partial charge in [0, 0.05) is 15.5 Å². The molecule has 1 aromatic carbocycles. The Balaban J connectivity index is 2.96. The van der Waals surface area contributed by atoms with Crippen molar-refractivity contribution in [3.8, 4) is 0 Å². The fourth-order valence-corrected chi connectivity index (χ4v) is 1.76. The Morgan fingerprint density at radius 2 is 2.16 bits per heavy atom. The van der Waals surface area contributed by atoms with E-state index in [0.29, 0.717) is 15.7 Å². The molecule has 104 valence electrons. The van der Waals surface area contributed by atoms with E-state index in [1.165, 1.54) is 0 Å². The van der Waals surface area contributed by atoms with Crippen molar-refractivity contribution in [2.45, 2.75) is 27.2 Å². The van der Waals surface area contributed by atoms with Gasteiger partial charge in [-0.15, -0.1) is 0 Å².